The Morgan fingerprint density at radius 3 is 2.84 bits per heavy atom. The Labute approximate surface area is 115 Å². The van der Waals surface area contributed by atoms with Crippen LogP contribution in [-0.2, 0) is 0 Å². The molecule has 1 amide bonds. The van der Waals surface area contributed by atoms with Gasteiger partial charge in [0.2, 0.25) is 0 Å². The standard InChI is InChI=1S/C15H21N3O/c1-4-12(3)18(5-2)15(19)14-8-10-17-11-13(14)7-6-9-16/h8,10-12H,4-5,9,16H2,1-3H3. The first kappa shape index (κ1) is 15.2. The van der Waals surface area contributed by atoms with Crippen molar-refractivity contribution in [3.05, 3.63) is 29.6 Å². The van der Waals surface area contributed by atoms with E-state index < -0.39 is 0 Å². The highest BCUT2D eigenvalue weighted by Gasteiger charge is 2.20. The quantitative estimate of drug-likeness (QED) is 0.836. The summed E-state index contributed by atoms with van der Waals surface area (Å²) in [5.74, 6) is 5.67. The first-order valence-electron chi connectivity index (χ1n) is 6.59. The van der Waals surface area contributed by atoms with Gasteiger partial charge in [0.25, 0.3) is 5.91 Å². The van der Waals surface area contributed by atoms with Crippen LogP contribution in [0.4, 0.5) is 0 Å². The topological polar surface area (TPSA) is 59.2 Å². The Morgan fingerprint density at radius 1 is 1.53 bits per heavy atom. The van der Waals surface area contributed by atoms with Gasteiger partial charge in [-0.05, 0) is 26.3 Å². The molecule has 0 aliphatic heterocycles. The van der Waals surface area contributed by atoms with Crippen molar-refractivity contribution >= 4 is 5.91 Å². The molecular weight excluding hydrogens is 238 g/mol. The number of carbonyl (C=O) groups excluding carboxylic acids is 1. The maximum absolute atomic E-state index is 12.6. The normalized spacial score (nSPS) is 11.4. The van der Waals surface area contributed by atoms with Crippen LogP contribution >= 0.6 is 0 Å². The first-order valence-corrected chi connectivity index (χ1v) is 6.59. The van der Waals surface area contributed by atoms with Crippen molar-refractivity contribution in [2.24, 2.45) is 5.73 Å². The predicted molar refractivity (Wildman–Crippen MR) is 76.6 cm³/mol. The molecule has 0 aliphatic carbocycles. The Morgan fingerprint density at radius 2 is 2.26 bits per heavy atom. The van der Waals surface area contributed by atoms with Gasteiger partial charge in [0.15, 0.2) is 0 Å². The second-order valence-electron chi connectivity index (χ2n) is 4.28. The van der Waals surface area contributed by atoms with Gasteiger partial charge in [0.1, 0.15) is 0 Å². The summed E-state index contributed by atoms with van der Waals surface area (Å²) in [5.41, 5.74) is 6.60. The van der Waals surface area contributed by atoms with Crippen LogP contribution in [0, 0.1) is 11.8 Å². The number of carbonyl (C=O) groups is 1. The second kappa shape index (κ2) is 7.55. The van der Waals surface area contributed by atoms with Gasteiger partial charge in [-0.2, -0.15) is 0 Å². The van der Waals surface area contributed by atoms with E-state index in [0.717, 1.165) is 6.42 Å². The molecule has 0 fully saturated rings. The fourth-order valence-corrected chi connectivity index (χ4v) is 1.86. The van der Waals surface area contributed by atoms with Gasteiger partial charge < -0.3 is 10.6 Å². The first-order chi connectivity index (χ1) is 9.15. The van der Waals surface area contributed by atoms with Crippen molar-refractivity contribution in [1.82, 2.24) is 9.88 Å². The minimum Gasteiger partial charge on any atom is -0.336 e. The third kappa shape index (κ3) is 3.80. The third-order valence-electron chi connectivity index (χ3n) is 3.10. The molecule has 0 bridgehead atoms. The molecule has 102 valence electrons. The maximum atomic E-state index is 12.6. The summed E-state index contributed by atoms with van der Waals surface area (Å²) >= 11 is 0. The summed E-state index contributed by atoms with van der Waals surface area (Å²) in [4.78, 5) is 18.4. The van der Waals surface area contributed by atoms with Gasteiger partial charge >= 0.3 is 0 Å². The SMILES string of the molecule is CCC(C)N(CC)C(=O)c1ccncc1C#CCN. The highest BCUT2D eigenvalue weighted by Crippen LogP contribution is 2.13. The Kier molecular flexibility index (Phi) is 6.04. The van der Waals surface area contributed by atoms with Crippen LogP contribution in [0.5, 0.6) is 0 Å². The largest absolute Gasteiger partial charge is 0.336 e. The molecule has 0 radical (unpaired) electrons. The Bertz CT molecular complexity index is 488. The molecule has 2 N–H and O–H groups in total. The zero-order chi connectivity index (χ0) is 14.3. The highest BCUT2D eigenvalue weighted by atomic mass is 16.2. The minimum atomic E-state index is 0.000529. The lowest BCUT2D eigenvalue weighted by Crippen LogP contribution is -2.38. The lowest BCUT2D eigenvalue weighted by atomic mass is 10.1. The maximum Gasteiger partial charge on any atom is 0.255 e. The molecule has 0 saturated carbocycles. The number of nitrogens with two attached hydrogens (primary N) is 1. The summed E-state index contributed by atoms with van der Waals surface area (Å²) in [6.45, 7) is 7.05. The van der Waals surface area contributed by atoms with E-state index in [-0.39, 0.29) is 18.5 Å². The molecule has 4 nitrogen and oxygen atoms in total. The molecule has 4 heteroatoms. The molecule has 1 heterocycles. The van der Waals surface area contributed by atoms with E-state index in [0.29, 0.717) is 17.7 Å². The molecule has 0 aromatic carbocycles. The Hall–Kier alpha value is -1.86. The van der Waals surface area contributed by atoms with Crippen LogP contribution in [0.3, 0.4) is 0 Å². The van der Waals surface area contributed by atoms with Crippen molar-refractivity contribution < 1.29 is 4.79 Å². The number of nitrogens with zero attached hydrogens (tertiary/aromatic N) is 2. The minimum absolute atomic E-state index is 0.000529. The van der Waals surface area contributed by atoms with Gasteiger partial charge in [0, 0.05) is 25.0 Å². The van der Waals surface area contributed by atoms with Crippen molar-refractivity contribution in [3.63, 3.8) is 0 Å². The number of amides is 1. The van der Waals surface area contributed by atoms with Crippen LogP contribution in [0.25, 0.3) is 0 Å². The van der Waals surface area contributed by atoms with Gasteiger partial charge in [-0.3, -0.25) is 9.78 Å². The number of aromatic nitrogens is 1. The van der Waals surface area contributed by atoms with E-state index in [1.807, 2.05) is 18.7 Å². The molecule has 1 rings (SSSR count). The van der Waals surface area contributed by atoms with E-state index >= 15 is 0 Å². The van der Waals surface area contributed by atoms with Crippen LogP contribution in [0.2, 0.25) is 0 Å². The molecule has 0 saturated heterocycles. The fraction of sp³-hybridized carbons (Fsp3) is 0.467. The summed E-state index contributed by atoms with van der Waals surface area (Å²) < 4.78 is 0. The van der Waals surface area contributed by atoms with Crippen molar-refractivity contribution in [1.29, 1.82) is 0 Å². The number of hydrogen-bond acceptors (Lipinski definition) is 3. The molecule has 1 unspecified atom stereocenters. The second-order valence-corrected chi connectivity index (χ2v) is 4.28. The molecule has 0 aliphatic rings. The van der Waals surface area contributed by atoms with Crippen molar-refractivity contribution in [2.45, 2.75) is 33.2 Å². The zero-order valence-corrected chi connectivity index (χ0v) is 11.8. The summed E-state index contributed by atoms with van der Waals surface area (Å²) in [5, 5.41) is 0. The molecule has 19 heavy (non-hydrogen) atoms. The van der Waals surface area contributed by atoms with Gasteiger partial charge in [-0.25, -0.2) is 0 Å². The number of pyridine rings is 1. The van der Waals surface area contributed by atoms with Crippen LogP contribution in [0.1, 0.15) is 43.1 Å². The molecule has 1 aromatic heterocycles. The van der Waals surface area contributed by atoms with E-state index in [2.05, 4.69) is 23.7 Å². The number of hydrogen-bond donors (Lipinski definition) is 1. The molecule has 0 spiro atoms. The van der Waals surface area contributed by atoms with Crippen LogP contribution < -0.4 is 5.73 Å². The molecular formula is C15H21N3O. The lowest BCUT2D eigenvalue weighted by molar-refractivity contribution is 0.0699. The van der Waals surface area contributed by atoms with E-state index in [1.54, 1.807) is 18.5 Å². The van der Waals surface area contributed by atoms with E-state index in [9.17, 15) is 4.79 Å². The summed E-state index contributed by atoms with van der Waals surface area (Å²) in [6.07, 6.45) is 4.15. The van der Waals surface area contributed by atoms with Crippen LogP contribution in [0.15, 0.2) is 18.5 Å². The fourth-order valence-electron chi connectivity index (χ4n) is 1.86. The molecule has 1 atom stereocenters. The highest BCUT2D eigenvalue weighted by molar-refractivity contribution is 5.96. The lowest BCUT2D eigenvalue weighted by Gasteiger charge is -2.27. The smallest absolute Gasteiger partial charge is 0.255 e. The van der Waals surface area contributed by atoms with Crippen molar-refractivity contribution in [3.8, 4) is 11.8 Å². The third-order valence-corrected chi connectivity index (χ3v) is 3.10. The summed E-state index contributed by atoms with van der Waals surface area (Å²) in [6, 6.07) is 1.93. The van der Waals surface area contributed by atoms with E-state index in [1.165, 1.54) is 0 Å². The predicted octanol–water partition coefficient (Wildman–Crippen LogP) is 1.65. The molecule has 1 aromatic rings. The average molecular weight is 259 g/mol. The summed E-state index contributed by atoms with van der Waals surface area (Å²) in [7, 11) is 0. The van der Waals surface area contributed by atoms with Gasteiger partial charge in [0.05, 0.1) is 17.7 Å². The van der Waals surface area contributed by atoms with Gasteiger partial charge in [-0.1, -0.05) is 18.8 Å². The average Bonchev–Trinajstić information content (AvgIpc) is 2.45. The van der Waals surface area contributed by atoms with E-state index in [4.69, 9.17) is 5.73 Å². The Balaban J connectivity index is 3.11. The van der Waals surface area contributed by atoms with Gasteiger partial charge in [-0.15, -0.1) is 0 Å². The monoisotopic (exact) mass is 259 g/mol. The number of rotatable bonds is 4. The zero-order valence-electron chi connectivity index (χ0n) is 11.8. The van der Waals surface area contributed by atoms with Crippen molar-refractivity contribution in [2.75, 3.05) is 13.1 Å². The van der Waals surface area contributed by atoms with Crippen LogP contribution in [-0.4, -0.2) is 34.9 Å².